The van der Waals surface area contributed by atoms with Gasteiger partial charge in [0.2, 0.25) is 0 Å². The van der Waals surface area contributed by atoms with Crippen LogP contribution >= 0.6 is 11.6 Å². The third-order valence-electron chi connectivity index (χ3n) is 8.96. The molecule has 0 radical (unpaired) electrons. The fourth-order valence-corrected chi connectivity index (χ4v) is 6.59. The normalized spacial score (nSPS) is 14.5. The van der Waals surface area contributed by atoms with E-state index in [-0.39, 0.29) is 30.8 Å². The average Bonchev–Trinajstić information content (AvgIpc) is 3.39. The Bertz CT molecular complexity index is 2130. The third kappa shape index (κ3) is 5.61. The number of halogens is 1. The highest BCUT2D eigenvalue weighted by molar-refractivity contribution is 6.31. The molecular weight excluding hydrogens is 628 g/mol. The largest absolute Gasteiger partial charge is 0.508 e. The van der Waals surface area contributed by atoms with E-state index in [1.807, 2.05) is 41.6 Å². The number of benzene rings is 4. The van der Waals surface area contributed by atoms with Gasteiger partial charge in [0.25, 0.3) is 11.8 Å². The van der Waals surface area contributed by atoms with Gasteiger partial charge in [-0.05, 0) is 85.6 Å². The molecule has 8 rings (SSSR count). The van der Waals surface area contributed by atoms with Crippen molar-refractivity contribution in [3.05, 3.63) is 123 Å². The first-order valence-electron chi connectivity index (χ1n) is 15.5. The number of phenolic OH excluding ortho intramolecular Hbond substituents is 1. The molecule has 1 N–H and O–H groups in total. The van der Waals surface area contributed by atoms with Crippen LogP contribution in [0.25, 0.3) is 11.3 Å². The summed E-state index contributed by atoms with van der Waals surface area (Å²) in [6.07, 6.45) is 0.629. The summed E-state index contributed by atoms with van der Waals surface area (Å²) in [6.45, 7) is 3.20. The quantitative estimate of drug-likeness (QED) is 0.204. The molecule has 3 aliphatic rings. The van der Waals surface area contributed by atoms with Gasteiger partial charge in [-0.15, -0.1) is 0 Å². The smallest absolute Gasteiger partial charge is 0.264 e. The first-order chi connectivity index (χ1) is 23.2. The molecule has 3 aliphatic heterocycles. The van der Waals surface area contributed by atoms with E-state index >= 15 is 0 Å². The van der Waals surface area contributed by atoms with Crippen molar-refractivity contribution in [1.29, 1.82) is 5.26 Å². The van der Waals surface area contributed by atoms with Crippen molar-refractivity contribution in [2.24, 2.45) is 7.05 Å². The van der Waals surface area contributed by atoms with Crippen molar-refractivity contribution in [3.63, 3.8) is 0 Å². The van der Waals surface area contributed by atoms with E-state index in [4.69, 9.17) is 21.1 Å². The second-order valence-corrected chi connectivity index (χ2v) is 12.3. The molecule has 240 valence electrons. The monoisotopic (exact) mass is 658 g/mol. The van der Waals surface area contributed by atoms with Crippen molar-refractivity contribution in [2.75, 3.05) is 24.7 Å². The molecule has 0 aliphatic carbocycles. The maximum absolute atomic E-state index is 14.7. The van der Waals surface area contributed by atoms with Crippen molar-refractivity contribution < 1.29 is 24.2 Å². The summed E-state index contributed by atoms with van der Waals surface area (Å²) in [5.41, 5.74) is 6.01. The summed E-state index contributed by atoms with van der Waals surface area (Å²) >= 11 is 6.52. The molecule has 8 bridgehead atoms. The van der Waals surface area contributed by atoms with Crippen molar-refractivity contribution in [1.82, 2.24) is 9.47 Å². The minimum atomic E-state index is -0.379. The zero-order chi connectivity index (χ0) is 33.5. The molecule has 5 aromatic rings. The molecule has 9 nitrogen and oxygen atoms in total. The summed E-state index contributed by atoms with van der Waals surface area (Å²) < 4.78 is 14.1. The van der Waals surface area contributed by atoms with Crippen LogP contribution in [0.2, 0.25) is 5.02 Å². The van der Waals surface area contributed by atoms with Gasteiger partial charge in [-0.3, -0.25) is 14.5 Å². The maximum Gasteiger partial charge on any atom is 0.264 e. The van der Waals surface area contributed by atoms with Crippen LogP contribution in [0.1, 0.15) is 43.1 Å². The second-order valence-electron chi connectivity index (χ2n) is 11.8. The van der Waals surface area contributed by atoms with Crippen molar-refractivity contribution in [2.45, 2.75) is 19.9 Å². The van der Waals surface area contributed by atoms with Crippen LogP contribution < -0.4 is 14.4 Å². The molecule has 0 fully saturated rings. The molecule has 0 atom stereocenters. The molecule has 48 heavy (non-hydrogen) atoms. The minimum absolute atomic E-state index is 0.0429. The van der Waals surface area contributed by atoms with Crippen molar-refractivity contribution in [3.8, 4) is 34.6 Å². The number of hydrogen-bond donors (Lipinski definition) is 1. The van der Waals surface area contributed by atoms with Crippen LogP contribution in [0.5, 0.6) is 17.2 Å². The second kappa shape index (κ2) is 12.5. The first-order valence-corrected chi connectivity index (χ1v) is 15.9. The lowest BCUT2D eigenvalue weighted by Crippen LogP contribution is -2.36. The van der Waals surface area contributed by atoms with Crippen LogP contribution in [0.4, 0.5) is 11.4 Å². The number of nitrogens with zero attached hydrogens (tertiary/aromatic N) is 4. The van der Waals surface area contributed by atoms with Gasteiger partial charge in [-0.1, -0.05) is 23.7 Å². The molecule has 10 heteroatoms. The number of phenols is 1. The first kappa shape index (κ1) is 30.9. The Morgan fingerprint density at radius 3 is 2.44 bits per heavy atom. The Hall–Kier alpha value is -5.72. The standard InChI is InChI=1S/C38H31ClN4O5/c1-23-33-20-35(41(23)2)34-18-26(39)6-11-32(34)37(45)42-13-12-31-25(22-42)4-3-5-36(31)48-15-14-47-30-17-24(21-40)16-28(19-30)43(38(33)46)27-7-9-29(44)10-8-27/h3-11,16-20,44H,12-15,22H2,1-2H3. The number of carbonyl (C=O) groups excluding carboxylic acids is 2. The zero-order valence-corrected chi connectivity index (χ0v) is 27.1. The number of nitriles is 1. The molecule has 0 unspecified atom stereocenters. The van der Waals surface area contributed by atoms with Crippen LogP contribution in [0, 0.1) is 18.3 Å². The number of hydrogen-bond acceptors (Lipinski definition) is 6. The predicted octanol–water partition coefficient (Wildman–Crippen LogP) is 7.18. The van der Waals surface area contributed by atoms with E-state index in [2.05, 4.69) is 6.07 Å². The Morgan fingerprint density at radius 2 is 1.65 bits per heavy atom. The number of fused-ring (bicyclic) bond motifs is 5. The highest BCUT2D eigenvalue weighted by Gasteiger charge is 2.30. The number of aromatic nitrogens is 1. The van der Waals surface area contributed by atoms with Gasteiger partial charge >= 0.3 is 0 Å². The van der Waals surface area contributed by atoms with Crippen LogP contribution in [-0.4, -0.2) is 46.1 Å². The topological polar surface area (TPSA) is 108 Å². The van der Waals surface area contributed by atoms with Gasteiger partial charge in [0.1, 0.15) is 30.5 Å². The number of aromatic hydroxyl groups is 1. The zero-order valence-electron chi connectivity index (χ0n) is 26.4. The average molecular weight is 659 g/mol. The Kier molecular flexibility index (Phi) is 8.03. The van der Waals surface area contributed by atoms with Gasteiger partial charge in [0, 0.05) is 65.0 Å². The van der Waals surface area contributed by atoms with E-state index in [9.17, 15) is 20.0 Å². The summed E-state index contributed by atoms with van der Waals surface area (Å²) in [5.74, 6) is 0.668. The van der Waals surface area contributed by atoms with Gasteiger partial charge in [0.05, 0.1) is 22.9 Å². The van der Waals surface area contributed by atoms with Crippen molar-refractivity contribution >= 4 is 34.8 Å². The lowest BCUT2D eigenvalue weighted by molar-refractivity contribution is 0.0734. The van der Waals surface area contributed by atoms with Crippen LogP contribution in [-0.2, 0) is 20.0 Å². The Morgan fingerprint density at radius 1 is 0.854 bits per heavy atom. The fourth-order valence-electron chi connectivity index (χ4n) is 6.42. The SMILES string of the molecule is Cc1c2cc(n1C)-c1cc(Cl)ccc1C(=O)N1CCc3c(cccc3OCCOc3cc(C#N)cc(c3)N(c3ccc(O)cc3)C2=O)C1. The molecule has 2 amide bonds. The van der Waals surface area contributed by atoms with Gasteiger partial charge < -0.3 is 24.0 Å². The van der Waals surface area contributed by atoms with E-state index in [0.717, 1.165) is 16.9 Å². The molecule has 1 aromatic heterocycles. The molecular formula is C38H31ClN4O5. The lowest BCUT2D eigenvalue weighted by Gasteiger charge is -2.30. The number of rotatable bonds is 1. The van der Waals surface area contributed by atoms with E-state index in [0.29, 0.717) is 75.3 Å². The summed E-state index contributed by atoms with van der Waals surface area (Å²) in [6, 6.07) is 26.2. The predicted molar refractivity (Wildman–Crippen MR) is 182 cm³/mol. The van der Waals surface area contributed by atoms with E-state index in [1.165, 1.54) is 17.0 Å². The van der Waals surface area contributed by atoms with E-state index in [1.54, 1.807) is 54.6 Å². The number of amides is 2. The van der Waals surface area contributed by atoms with E-state index < -0.39 is 0 Å². The lowest BCUT2D eigenvalue weighted by atomic mass is 9.96. The third-order valence-corrected chi connectivity index (χ3v) is 9.20. The number of anilines is 2. The van der Waals surface area contributed by atoms with Crippen LogP contribution in [0.15, 0.2) is 84.9 Å². The Labute approximate surface area is 282 Å². The minimum Gasteiger partial charge on any atom is -0.508 e. The highest BCUT2D eigenvalue weighted by Crippen LogP contribution is 2.37. The summed E-state index contributed by atoms with van der Waals surface area (Å²) in [5, 5.41) is 20.4. The van der Waals surface area contributed by atoms with Gasteiger partial charge in [0.15, 0.2) is 0 Å². The molecule has 4 heterocycles. The fraction of sp³-hybridized carbons (Fsp3) is 0.184. The molecule has 0 saturated carbocycles. The Balaban J connectivity index is 1.42. The van der Waals surface area contributed by atoms with Crippen LogP contribution in [0.3, 0.4) is 0 Å². The number of carbonyl (C=O) groups is 2. The molecule has 0 spiro atoms. The van der Waals surface area contributed by atoms with Gasteiger partial charge in [-0.2, -0.15) is 5.26 Å². The molecule has 4 aromatic carbocycles. The summed E-state index contributed by atoms with van der Waals surface area (Å²) in [4.78, 5) is 32.2. The summed E-state index contributed by atoms with van der Waals surface area (Å²) in [7, 11) is 1.85. The van der Waals surface area contributed by atoms with Gasteiger partial charge in [-0.25, -0.2) is 0 Å². The number of ether oxygens (including phenoxy) is 2. The molecule has 0 saturated heterocycles. The maximum atomic E-state index is 14.7. The highest BCUT2D eigenvalue weighted by atomic mass is 35.5.